The number of benzene rings is 1. The molecule has 1 atom stereocenters. The first kappa shape index (κ1) is 18.1. The van der Waals surface area contributed by atoms with Crippen LogP contribution < -0.4 is 0 Å². The van der Waals surface area contributed by atoms with Gasteiger partial charge in [0.15, 0.2) is 0 Å². The highest BCUT2D eigenvalue weighted by atomic mass is 32.1. The molecule has 0 radical (unpaired) electrons. The number of rotatable bonds is 4. The van der Waals surface area contributed by atoms with Crippen molar-refractivity contribution in [2.75, 3.05) is 6.54 Å². The minimum absolute atomic E-state index is 0.0590. The van der Waals surface area contributed by atoms with Crippen LogP contribution in [0.15, 0.2) is 44.1 Å². The molecule has 1 unspecified atom stereocenters. The van der Waals surface area contributed by atoms with Gasteiger partial charge in [-0.1, -0.05) is 12.1 Å². The topological polar surface area (TPSA) is 72.4 Å². The summed E-state index contributed by atoms with van der Waals surface area (Å²) in [5.41, 5.74) is 5.00. The third-order valence-electron chi connectivity index (χ3n) is 5.75. The van der Waals surface area contributed by atoms with E-state index < -0.39 is 0 Å². The number of amides is 1. The van der Waals surface area contributed by atoms with Crippen molar-refractivity contribution in [2.45, 2.75) is 39.2 Å². The SMILES string of the molecule is Cc1ccc2c(CC(=O)N3CCCC3c3nnc(-c4ccsc4)o3)coc2c1C. The third kappa shape index (κ3) is 3.15. The Kier molecular flexibility index (Phi) is 4.47. The molecule has 1 aliphatic rings. The van der Waals surface area contributed by atoms with E-state index >= 15 is 0 Å². The highest BCUT2D eigenvalue weighted by molar-refractivity contribution is 7.08. The maximum Gasteiger partial charge on any atom is 0.248 e. The van der Waals surface area contributed by atoms with Crippen molar-refractivity contribution in [1.82, 2.24) is 15.1 Å². The summed E-state index contributed by atoms with van der Waals surface area (Å²) < 4.78 is 11.7. The first-order valence-electron chi connectivity index (χ1n) is 9.73. The van der Waals surface area contributed by atoms with Crippen molar-refractivity contribution >= 4 is 28.2 Å². The van der Waals surface area contributed by atoms with Crippen molar-refractivity contribution in [3.8, 4) is 11.5 Å². The smallest absolute Gasteiger partial charge is 0.248 e. The van der Waals surface area contributed by atoms with E-state index in [1.54, 1.807) is 17.6 Å². The minimum Gasteiger partial charge on any atom is -0.464 e. The highest BCUT2D eigenvalue weighted by Gasteiger charge is 2.34. The van der Waals surface area contributed by atoms with E-state index in [4.69, 9.17) is 8.83 Å². The number of aryl methyl sites for hydroxylation is 2. The van der Waals surface area contributed by atoms with Crippen LogP contribution in [0.3, 0.4) is 0 Å². The summed E-state index contributed by atoms with van der Waals surface area (Å²) in [4.78, 5) is 15.0. The Morgan fingerprint density at radius 3 is 3.00 bits per heavy atom. The fourth-order valence-electron chi connectivity index (χ4n) is 3.98. The molecule has 0 bridgehead atoms. The first-order valence-corrected chi connectivity index (χ1v) is 10.7. The average molecular weight is 407 g/mol. The van der Waals surface area contributed by atoms with Gasteiger partial charge in [-0.3, -0.25) is 4.79 Å². The summed E-state index contributed by atoms with van der Waals surface area (Å²) in [6.07, 6.45) is 3.78. The number of carbonyl (C=O) groups excluding carboxylic acids is 1. The number of thiophene rings is 1. The van der Waals surface area contributed by atoms with E-state index in [2.05, 4.69) is 23.2 Å². The number of furan rings is 1. The molecule has 0 spiro atoms. The number of hydrogen-bond donors (Lipinski definition) is 0. The van der Waals surface area contributed by atoms with Gasteiger partial charge in [0, 0.05) is 28.4 Å². The Morgan fingerprint density at radius 2 is 2.17 bits per heavy atom. The van der Waals surface area contributed by atoms with Crippen LogP contribution in [0.1, 0.15) is 41.5 Å². The molecule has 1 aromatic carbocycles. The molecule has 3 aromatic heterocycles. The van der Waals surface area contributed by atoms with E-state index in [0.29, 0.717) is 24.7 Å². The highest BCUT2D eigenvalue weighted by Crippen LogP contribution is 2.34. The summed E-state index contributed by atoms with van der Waals surface area (Å²) in [5, 5.41) is 13.4. The van der Waals surface area contributed by atoms with E-state index in [1.165, 1.54) is 5.56 Å². The Labute approximate surface area is 172 Å². The predicted octanol–water partition coefficient (Wildman–Crippen LogP) is 5.07. The van der Waals surface area contributed by atoms with Crippen LogP contribution >= 0.6 is 11.3 Å². The van der Waals surface area contributed by atoms with Crippen LogP contribution in [-0.4, -0.2) is 27.5 Å². The van der Waals surface area contributed by atoms with Crippen molar-refractivity contribution in [3.05, 3.63) is 57.8 Å². The lowest BCUT2D eigenvalue weighted by molar-refractivity contribution is -0.131. The zero-order valence-corrected chi connectivity index (χ0v) is 17.2. The molecule has 148 valence electrons. The molecule has 7 heteroatoms. The lowest BCUT2D eigenvalue weighted by Crippen LogP contribution is -2.32. The van der Waals surface area contributed by atoms with Crippen molar-refractivity contribution < 1.29 is 13.6 Å². The predicted molar refractivity (Wildman–Crippen MR) is 111 cm³/mol. The lowest BCUT2D eigenvalue weighted by atomic mass is 10.0. The van der Waals surface area contributed by atoms with Crippen LogP contribution in [-0.2, 0) is 11.2 Å². The van der Waals surface area contributed by atoms with Gasteiger partial charge in [-0.2, -0.15) is 11.3 Å². The molecule has 4 heterocycles. The van der Waals surface area contributed by atoms with E-state index in [-0.39, 0.29) is 11.9 Å². The van der Waals surface area contributed by atoms with Crippen LogP contribution in [0, 0.1) is 13.8 Å². The zero-order chi connectivity index (χ0) is 20.0. The molecule has 4 aromatic rings. The van der Waals surface area contributed by atoms with Gasteiger partial charge in [0.2, 0.25) is 17.7 Å². The van der Waals surface area contributed by atoms with Crippen LogP contribution in [0.2, 0.25) is 0 Å². The summed E-state index contributed by atoms with van der Waals surface area (Å²) in [6, 6.07) is 5.90. The summed E-state index contributed by atoms with van der Waals surface area (Å²) in [7, 11) is 0. The zero-order valence-electron chi connectivity index (χ0n) is 16.3. The maximum atomic E-state index is 13.1. The fraction of sp³-hybridized carbons (Fsp3) is 0.318. The van der Waals surface area contributed by atoms with Crippen LogP contribution in [0.5, 0.6) is 0 Å². The molecule has 1 fully saturated rings. The standard InChI is InChI=1S/C22H21N3O3S/c1-13-5-6-17-16(11-27-20(17)14(13)2)10-19(26)25-8-3-4-18(25)22-24-23-21(28-22)15-7-9-29-12-15/h5-7,9,11-12,18H,3-4,8,10H2,1-2H3. The molecule has 5 rings (SSSR count). The van der Waals surface area contributed by atoms with Crippen molar-refractivity contribution in [2.24, 2.45) is 0 Å². The maximum absolute atomic E-state index is 13.1. The molecule has 1 aliphatic heterocycles. The molecular formula is C22H21N3O3S. The van der Waals surface area contributed by atoms with E-state index in [9.17, 15) is 4.79 Å². The summed E-state index contributed by atoms with van der Waals surface area (Å²) >= 11 is 1.58. The molecule has 6 nitrogen and oxygen atoms in total. The number of carbonyl (C=O) groups is 1. The Morgan fingerprint density at radius 1 is 1.28 bits per heavy atom. The van der Waals surface area contributed by atoms with E-state index in [0.717, 1.165) is 40.5 Å². The van der Waals surface area contributed by atoms with Gasteiger partial charge in [-0.15, -0.1) is 10.2 Å². The molecule has 0 aliphatic carbocycles. The number of fused-ring (bicyclic) bond motifs is 1. The number of likely N-dealkylation sites (tertiary alicyclic amines) is 1. The van der Waals surface area contributed by atoms with Gasteiger partial charge >= 0.3 is 0 Å². The van der Waals surface area contributed by atoms with Gasteiger partial charge in [0.05, 0.1) is 12.7 Å². The fourth-order valence-corrected chi connectivity index (χ4v) is 4.61. The Hall–Kier alpha value is -2.93. The second kappa shape index (κ2) is 7.15. The molecule has 1 amide bonds. The molecule has 0 saturated carbocycles. The van der Waals surface area contributed by atoms with Crippen molar-refractivity contribution in [1.29, 1.82) is 0 Å². The Balaban J connectivity index is 1.38. The van der Waals surface area contributed by atoms with Crippen LogP contribution in [0.4, 0.5) is 0 Å². The van der Waals surface area contributed by atoms with E-state index in [1.807, 2.05) is 34.7 Å². The van der Waals surface area contributed by atoms with Gasteiger partial charge < -0.3 is 13.7 Å². The first-order chi connectivity index (χ1) is 14.1. The van der Waals surface area contributed by atoms with Gasteiger partial charge in [-0.25, -0.2) is 0 Å². The largest absolute Gasteiger partial charge is 0.464 e. The van der Waals surface area contributed by atoms with Crippen LogP contribution in [0.25, 0.3) is 22.4 Å². The molecule has 29 heavy (non-hydrogen) atoms. The Bertz CT molecular complexity index is 1180. The second-order valence-corrected chi connectivity index (χ2v) is 8.30. The molecule has 0 N–H and O–H groups in total. The van der Waals surface area contributed by atoms with Crippen molar-refractivity contribution in [3.63, 3.8) is 0 Å². The normalized spacial score (nSPS) is 16.8. The monoisotopic (exact) mass is 407 g/mol. The van der Waals surface area contributed by atoms with Gasteiger partial charge in [-0.05, 0) is 49.3 Å². The average Bonchev–Trinajstić information content (AvgIpc) is 3.50. The van der Waals surface area contributed by atoms with Gasteiger partial charge in [0.1, 0.15) is 11.6 Å². The number of aromatic nitrogens is 2. The summed E-state index contributed by atoms with van der Waals surface area (Å²) in [6.45, 7) is 4.81. The third-order valence-corrected chi connectivity index (χ3v) is 6.43. The lowest BCUT2D eigenvalue weighted by Gasteiger charge is -2.21. The number of hydrogen-bond acceptors (Lipinski definition) is 6. The van der Waals surface area contributed by atoms with Gasteiger partial charge in [0.25, 0.3) is 0 Å². The minimum atomic E-state index is -0.162. The number of nitrogens with zero attached hydrogens (tertiary/aromatic N) is 3. The molecule has 1 saturated heterocycles. The molecular weight excluding hydrogens is 386 g/mol. The quantitative estimate of drug-likeness (QED) is 0.472. The summed E-state index contributed by atoms with van der Waals surface area (Å²) in [5.74, 6) is 1.08. The second-order valence-electron chi connectivity index (χ2n) is 7.52.